The minimum atomic E-state index is -0.894. The second-order valence-corrected chi connectivity index (χ2v) is 5.31. The van der Waals surface area contributed by atoms with Gasteiger partial charge in [-0.15, -0.1) is 6.42 Å². The normalized spacial score (nSPS) is 19.8. The van der Waals surface area contributed by atoms with Crippen LogP contribution in [0.15, 0.2) is 0 Å². The zero-order chi connectivity index (χ0) is 15.9. The smallest absolute Gasteiger partial charge is 0.306 e. The SMILES string of the molecule is C#CC(CC)(CC)NC(=O)CN1CCOC(CC(=O)O)C1. The van der Waals surface area contributed by atoms with E-state index in [2.05, 4.69) is 11.2 Å². The highest BCUT2D eigenvalue weighted by molar-refractivity contribution is 5.79. The Kier molecular flexibility index (Phi) is 6.66. The average Bonchev–Trinajstić information content (AvgIpc) is 2.44. The van der Waals surface area contributed by atoms with Gasteiger partial charge in [0, 0.05) is 13.1 Å². The third-order valence-corrected chi connectivity index (χ3v) is 3.85. The van der Waals surface area contributed by atoms with Gasteiger partial charge in [-0.1, -0.05) is 19.8 Å². The Labute approximate surface area is 125 Å². The summed E-state index contributed by atoms with van der Waals surface area (Å²) in [6, 6.07) is 0. The summed E-state index contributed by atoms with van der Waals surface area (Å²) in [6.45, 7) is 5.60. The van der Waals surface area contributed by atoms with Crippen molar-refractivity contribution in [2.75, 3.05) is 26.2 Å². The highest BCUT2D eigenvalue weighted by atomic mass is 16.5. The number of terminal acetylenes is 1. The lowest BCUT2D eigenvalue weighted by atomic mass is 9.94. The topological polar surface area (TPSA) is 78.9 Å². The Morgan fingerprint density at radius 3 is 2.67 bits per heavy atom. The molecule has 1 heterocycles. The van der Waals surface area contributed by atoms with Gasteiger partial charge in [0.25, 0.3) is 0 Å². The maximum absolute atomic E-state index is 12.1. The molecular weight excluding hydrogens is 272 g/mol. The molecular formula is C15H24N2O4. The number of carboxylic acids is 1. The van der Waals surface area contributed by atoms with Crippen LogP contribution in [0, 0.1) is 12.3 Å². The standard InChI is InChI=1S/C15H24N2O4/c1-4-15(5-2,6-3)16-13(18)11-17-7-8-21-12(10-17)9-14(19)20/h1,12H,5-11H2,2-3H3,(H,16,18)(H,19,20). The van der Waals surface area contributed by atoms with Crippen molar-refractivity contribution in [1.82, 2.24) is 10.2 Å². The van der Waals surface area contributed by atoms with E-state index in [1.54, 1.807) is 0 Å². The fourth-order valence-electron chi connectivity index (χ4n) is 2.42. The van der Waals surface area contributed by atoms with Crippen LogP contribution in [-0.2, 0) is 14.3 Å². The Bertz CT molecular complexity index is 412. The molecule has 0 bridgehead atoms. The van der Waals surface area contributed by atoms with Crippen LogP contribution in [0.5, 0.6) is 0 Å². The number of carboxylic acid groups (broad SMARTS) is 1. The molecule has 1 unspecified atom stereocenters. The summed E-state index contributed by atoms with van der Waals surface area (Å²) in [4.78, 5) is 24.7. The second-order valence-electron chi connectivity index (χ2n) is 5.31. The number of aliphatic carboxylic acids is 1. The van der Waals surface area contributed by atoms with Gasteiger partial charge in [-0.2, -0.15) is 0 Å². The molecule has 0 saturated carbocycles. The van der Waals surface area contributed by atoms with Crippen molar-refractivity contribution in [2.24, 2.45) is 0 Å². The summed E-state index contributed by atoms with van der Waals surface area (Å²) in [7, 11) is 0. The highest BCUT2D eigenvalue weighted by Crippen LogP contribution is 2.14. The Hall–Kier alpha value is -1.58. The van der Waals surface area contributed by atoms with E-state index in [9.17, 15) is 9.59 Å². The number of carbonyl (C=O) groups excluding carboxylic acids is 1. The second kappa shape index (κ2) is 8.01. The van der Waals surface area contributed by atoms with Crippen molar-refractivity contribution in [3.63, 3.8) is 0 Å². The number of nitrogens with one attached hydrogen (secondary N) is 1. The maximum Gasteiger partial charge on any atom is 0.306 e. The molecule has 1 amide bonds. The average molecular weight is 296 g/mol. The van der Waals surface area contributed by atoms with Gasteiger partial charge in [0.05, 0.1) is 25.7 Å². The van der Waals surface area contributed by atoms with Crippen LogP contribution in [-0.4, -0.2) is 59.8 Å². The van der Waals surface area contributed by atoms with Gasteiger partial charge >= 0.3 is 5.97 Å². The summed E-state index contributed by atoms with van der Waals surface area (Å²) < 4.78 is 5.38. The molecule has 2 N–H and O–H groups in total. The van der Waals surface area contributed by atoms with E-state index < -0.39 is 11.5 Å². The van der Waals surface area contributed by atoms with E-state index in [-0.39, 0.29) is 25.0 Å². The van der Waals surface area contributed by atoms with E-state index in [0.29, 0.717) is 32.5 Å². The van der Waals surface area contributed by atoms with Crippen molar-refractivity contribution in [3.05, 3.63) is 0 Å². The van der Waals surface area contributed by atoms with Crippen molar-refractivity contribution < 1.29 is 19.4 Å². The minimum Gasteiger partial charge on any atom is -0.481 e. The lowest BCUT2D eigenvalue weighted by Gasteiger charge is -2.33. The quantitative estimate of drug-likeness (QED) is 0.668. The molecule has 1 rings (SSSR count). The van der Waals surface area contributed by atoms with E-state index in [1.165, 1.54) is 0 Å². The number of morpholine rings is 1. The zero-order valence-electron chi connectivity index (χ0n) is 12.7. The van der Waals surface area contributed by atoms with Crippen LogP contribution in [0.4, 0.5) is 0 Å². The van der Waals surface area contributed by atoms with Gasteiger partial charge in [0.1, 0.15) is 5.54 Å². The fourth-order valence-corrected chi connectivity index (χ4v) is 2.42. The molecule has 1 atom stereocenters. The number of rotatable bonds is 7. The molecule has 1 fully saturated rings. The van der Waals surface area contributed by atoms with Gasteiger partial charge in [0.15, 0.2) is 0 Å². The maximum atomic E-state index is 12.1. The predicted octanol–water partition coefficient (Wildman–Crippen LogP) is 0.470. The molecule has 6 nitrogen and oxygen atoms in total. The van der Waals surface area contributed by atoms with Crippen LogP contribution in [0.25, 0.3) is 0 Å². The Morgan fingerprint density at radius 1 is 1.48 bits per heavy atom. The first kappa shape index (κ1) is 17.5. The molecule has 0 radical (unpaired) electrons. The molecule has 1 aliphatic heterocycles. The summed E-state index contributed by atoms with van der Waals surface area (Å²) in [5.41, 5.74) is -0.593. The van der Waals surface area contributed by atoms with Crippen molar-refractivity contribution in [3.8, 4) is 12.3 Å². The van der Waals surface area contributed by atoms with Gasteiger partial charge in [-0.3, -0.25) is 14.5 Å². The molecule has 0 aromatic rings. The molecule has 118 valence electrons. The Morgan fingerprint density at radius 2 is 2.14 bits per heavy atom. The number of ether oxygens (including phenoxy) is 1. The number of amides is 1. The number of hydrogen-bond donors (Lipinski definition) is 2. The summed E-state index contributed by atoms with van der Waals surface area (Å²) in [6.07, 6.45) is 6.47. The monoisotopic (exact) mass is 296 g/mol. The molecule has 1 saturated heterocycles. The van der Waals surface area contributed by atoms with Gasteiger partial charge in [-0.25, -0.2) is 0 Å². The Balaban J connectivity index is 2.51. The van der Waals surface area contributed by atoms with E-state index in [0.717, 1.165) is 0 Å². The largest absolute Gasteiger partial charge is 0.481 e. The molecule has 0 aliphatic carbocycles. The van der Waals surface area contributed by atoms with Crippen molar-refractivity contribution in [1.29, 1.82) is 0 Å². The van der Waals surface area contributed by atoms with E-state index >= 15 is 0 Å². The van der Waals surface area contributed by atoms with E-state index in [4.69, 9.17) is 16.3 Å². The van der Waals surface area contributed by atoms with E-state index in [1.807, 2.05) is 18.7 Å². The lowest BCUT2D eigenvalue weighted by Crippen LogP contribution is -2.52. The number of hydrogen-bond acceptors (Lipinski definition) is 4. The van der Waals surface area contributed by atoms with Gasteiger partial charge in [0.2, 0.25) is 5.91 Å². The molecule has 0 spiro atoms. The molecule has 0 aromatic heterocycles. The molecule has 1 aliphatic rings. The van der Waals surface area contributed by atoms with Gasteiger partial charge in [-0.05, 0) is 12.8 Å². The minimum absolute atomic E-state index is 0.0453. The first-order valence-corrected chi connectivity index (χ1v) is 7.29. The third-order valence-electron chi connectivity index (χ3n) is 3.85. The summed E-state index contributed by atoms with van der Waals surface area (Å²) >= 11 is 0. The van der Waals surface area contributed by atoms with Crippen LogP contribution < -0.4 is 5.32 Å². The molecule has 6 heteroatoms. The molecule has 21 heavy (non-hydrogen) atoms. The number of carbonyl (C=O) groups is 2. The fraction of sp³-hybridized carbons (Fsp3) is 0.733. The molecule has 0 aromatic carbocycles. The first-order chi connectivity index (χ1) is 9.94. The predicted molar refractivity (Wildman–Crippen MR) is 78.7 cm³/mol. The van der Waals surface area contributed by atoms with Crippen LogP contribution in [0.1, 0.15) is 33.1 Å². The van der Waals surface area contributed by atoms with Crippen molar-refractivity contribution in [2.45, 2.75) is 44.8 Å². The van der Waals surface area contributed by atoms with Gasteiger partial charge < -0.3 is 15.2 Å². The first-order valence-electron chi connectivity index (χ1n) is 7.29. The summed E-state index contributed by atoms with van der Waals surface area (Å²) in [5, 5.41) is 11.7. The zero-order valence-corrected chi connectivity index (χ0v) is 12.7. The van der Waals surface area contributed by atoms with Crippen LogP contribution in [0.3, 0.4) is 0 Å². The lowest BCUT2D eigenvalue weighted by molar-refractivity contribution is -0.142. The number of nitrogens with zero attached hydrogens (tertiary/aromatic N) is 1. The van der Waals surface area contributed by atoms with Crippen LogP contribution >= 0.6 is 0 Å². The highest BCUT2D eigenvalue weighted by Gasteiger charge is 2.28. The summed E-state index contributed by atoms with van der Waals surface area (Å²) in [5.74, 6) is 1.64. The van der Waals surface area contributed by atoms with Crippen molar-refractivity contribution >= 4 is 11.9 Å². The third kappa shape index (κ3) is 5.37. The van der Waals surface area contributed by atoms with Crippen LogP contribution in [0.2, 0.25) is 0 Å².